The molecule has 1 saturated heterocycles. The minimum Gasteiger partial charge on any atom is -0.356 e. The number of halogens is 5. The van der Waals surface area contributed by atoms with Gasteiger partial charge in [0.05, 0.1) is 0 Å². The molecule has 0 radical (unpaired) electrons. The minimum absolute atomic E-state index is 0. The van der Waals surface area contributed by atoms with Crippen LogP contribution in [0.2, 0.25) is 5.15 Å². The third kappa shape index (κ3) is 7.72. The van der Waals surface area contributed by atoms with Crippen LogP contribution in [0.15, 0.2) is 23.3 Å². The molecule has 7 nitrogen and oxygen atoms in total. The summed E-state index contributed by atoms with van der Waals surface area (Å²) in [5.41, 5.74) is -4.23. The standard InChI is InChI=1S/C16H23ClF3N5O2S.HI/c1-21-15(22-7-4-12-2-3-14(17)23-10-12)24-11-13-5-8-25(9-6-13)28(26,27)16(18,19)20;/h2-3,10,13H,4-9,11H2,1H3,(H2,21,22,24);1H. The van der Waals surface area contributed by atoms with Crippen LogP contribution < -0.4 is 10.6 Å². The zero-order valence-corrected chi connectivity index (χ0v) is 19.6. The predicted octanol–water partition coefficient (Wildman–Crippen LogP) is 2.62. The summed E-state index contributed by atoms with van der Waals surface area (Å²) in [6.45, 7) is 0.848. The Kier molecular flexibility index (Phi) is 10.4. The molecule has 1 fully saturated rings. The number of hydrogen-bond acceptors (Lipinski definition) is 4. The number of hydrogen-bond donors (Lipinski definition) is 2. The van der Waals surface area contributed by atoms with Crippen molar-refractivity contribution in [2.75, 3.05) is 33.2 Å². The summed E-state index contributed by atoms with van der Waals surface area (Å²) in [6, 6.07) is 3.60. The highest BCUT2D eigenvalue weighted by atomic mass is 127. The first kappa shape index (κ1) is 26.2. The molecule has 0 bridgehead atoms. The van der Waals surface area contributed by atoms with Crippen LogP contribution in [-0.4, -0.2) is 62.4 Å². The van der Waals surface area contributed by atoms with E-state index in [1.165, 1.54) is 0 Å². The molecule has 0 saturated carbocycles. The van der Waals surface area contributed by atoms with Crippen molar-refractivity contribution in [3.63, 3.8) is 0 Å². The molecular weight excluding hydrogens is 546 g/mol. The third-order valence-corrected chi connectivity index (χ3v) is 6.34. The molecule has 29 heavy (non-hydrogen) atoms. The number of nitrogens with zero attached hydrogens (tertiary/aromatic N) is 3. The topological polar surface area (TPSA) is 86.7 Å². The molecule has 0 aliphatic carbocycles. The van der Waals surface area contributed by atoms with E-state index in [-0.39, 0.29) is 43.0 Å². The van der Waals surface area contributed by atoms with Gasteiger partial charge >= 0.3 is 15.5 Å². The van der Waals surface area contributed by atoms with Gasteiger partial charge in [-0.15, -0.1) is 24.0 Å². The molecule has 1 aromatic rings. The number of nitrogens with one attached hydrogen (secondary N) is 2. The van der Waals surface area contributed by atoms with Crippen molar-refractivity contribution in [2.45, 2.75) is 24.8 Å². The third-order valence-electron chi connectivity index (χ3n) is 4.48. The van der Waals surface area contributed by atoms with E-state index in [4.69, 9.17) is 11.6 Å². The first-order valence-electron chi connectivity index (χ1n) is 8.75. The van der Waals surface area contributed by atoms with Gasteiger partial charge in [0.1, 0.15) is 5.15 Å². The Balaban J connectivity index is 0.00000420. The maximum Gasteiger partial charge on any atom is 0.511 e. The Morgan fingerprint density at radius 3 is 2.48 bits per heavy atom. The monoisotopic (exact) mass is 569 g/mol. The summed E-state index contributed by atoms with van der Waals surface area (Å²) in [6.07, 6.45) is 3.13. The van der Waals surface area contributed by atoms with E-state index in [1.807, 2.05) is 6.07 Å². The summed E-state index contributed by atoms with van der Waals surface area (Å²) in [7, 11) is -3.61. The number of guanidine groups is 1. The fourth-order valence-corrected chi connectivity index (χ4v) is 3.94. The lowest BCUT2D eigenvalue weighted by molar-refractivity contribution is -0.0496. The molecule has 2 heterocycles. The van der Waals surface area contributed by atoms with Gasteiger partial charge in [-0.1, -0.05) is 17.7 Å². The second-order valence-corrected chi connectivity index (χ2v) is 8.73. The van der Waals surface area contributed by atoms with E-state index >= 15 is 0 Å². The van der Waals surface area contributed by atoms with E-state index in [1.54, 1.807) is 19.3 Å². The lowest BCUT2D eigenvalue weighted by Crippen LogP contribution is -2.47. The number of pyridine rings is 1. The van der Waals surface area contributed by atoms with Gasteiger partial charge in [-0.3, -0.25) is 4.99 Å². The molecule has 13 heteroatoms. The van der Waals surface area contributed by atoms with E-state index in [2.05, 4.69) is 20.6 Å². The molecule has 0 atom stereocenters. The van der Waals surface area contributed by atoms with Crippen LogP contribution in [0.3, 0.4) is 0 Å². The molecule has 1 aromatic heterocycles. The Morgan fingerprint density at radius 2 is 1.97 bits per heavy atom. The number of alkyl halides is 3. The quantitative estimate of drug-likeness (QED) is 0.238. The lowest BCUT2D eigenvalue weighted by Gasteiger charge is -2.31. The molecule has 0 unspecified atom stereocenters. The summed E-state index contributed by atoms with van der Waals surface area (Å²) in [4.78, 5) is 8.11. The summed E-state index contributed by atoms with van der Waals surface area (Å²) in [5.74, 6) is 0.644. The molecule has 2 rings (SSSR count). The highest BCUT2D eigenvalue weighted by molar-refractivity contribution is 14.0. The summed E-state index contributed by atoms with van der Waals surface area (Å²) in [5, 5.41) is 6.71. The fraction of sp³-hybridized carbons (Fsp3) is 0.625. The van der Waals surface area contributed by atoms with Crippen molar-refractivity contribution in [3.05, 3.63) is 29.0 Å². The van der Waals surface area contributed by atoms with Crippen LogP contribution in [0.1, 0.15) is 18.4 Å². The maximum absolute atomic E-state index is 12.6. The van der Waals surface area contributed by atoms with Gasteiger partial charge in [-0.2, -0.15) is 17.5 Å². The minimum atomic E-state index is -5.25. The Morgan fingerprint density at radius 1 is 1.31 bits per heavy atom. The van der Waals surface area contributed by atoms with Gasteiger partial charge in [-0.25, -0.2) is 13.4 Å². The SMILES string of the molecule is CN=C(NCCc1ccc(Cl)nc1)NCC1CCN(S(=O)(=O)C(F)(F)F)CC1.I. The predicted molar refractivity (Wildman–Crippen MR) is 117 cm³/mol. The van der Waals surface area contributed by atoms with E-state index in [0.717, 1.165) is 12.0 Å². The van der Waals surface area contributed by atoms with Gasteiger partial charge in [-0.05, 0) is 36.8 Å². The average Bonchev–Trinajstić information content (AvgIpc) is 2.65. The lowest BCUT2D eigenvalue weighted by atomic mass is 9.98. The Hall–Kier alpha value is -0.860. The Labute approximate surface area is 190 Å². The Bertz CT molecular complexity index is 770. The molecule has 0 spiro atoms. The van der Waals surface area contributed by atoms with Gasteiger partial charge in [0, 0.05) is 39.4 Å². The van der Waals surface area contributed by atoms with Crippen molar-refractivity contribution < 1.29 is 21.6 Å². The zero-order chi connectivity index (χ0) is 20.8. The van der Waals surface area contributed by atoms with Crippen LogP contribution in [0.4, 0.5) is 13.2 Å². The second-order valence-electron chi connectivity index (χ2n) is 6.41. The van der Waals surface area contributed by atoms with Crippen LogP contribution in [-0.2, 0) is 16.4 Å². The second kappa shape index (κ2) is 11.5. The first-order chi connectivity index (χ1) is 13.1. The van der Waals surface area contributed by atoms with Crippen molar-refractivity contribution in [1.29, 1.82) is 0 Å². The van der Waals surface area contributed by atoms with E-state index in [9.17, 15) is 21.6 Å². The molecule has 166 valence electrons. The van der Waals surface area contributed by atoms with Crippen molar-refractivity contribution >= 4 is 51.6 Å². The van der Waals surface area contributed by atoms with Gasteiger partial charge in [0.25, 0.3) is 0 Å². The molecule has 1 aliphatic heterocycles. The molecule has 0 aromatic carbocycles. The zero-order valence-electron chi connectivity index (χ0n) is 15.7. The summed E-state index contributed by atoms with van der Waals surface area (Å²) < 4.78 is 61.2. The molecule has 2 N–H and O–H groups in total. The van der Waals surface area contributed by atoms with Crippen molar-refractivity contribution in [3.8, 4) is 0 Å². The smallest absolute Gasteiger partial charge is 0.356 e. The average molecular weight is 570 g/mol. The molecule has 1 aliphatic rings. The number of piperidine rings is 1. The molecule has 0 amide bonds. The van der Waals surface area contributed by atoms with Crippen LogP contribution in [0.25, 0.3) is 0 Å². The highest BCUT2D eigenvalue weighted by Crippen LogP contribution is 2.30. The largest absolute Gasteiger partial charge is 0.511 e. The normalized spacial score (nSPS) is 16.9. The summed E-state index contributed by atoms with van der Waals surface area (Å²) >= 11 is 5.74. The number of aliphatic imine (C=N–C) groups is 1. The van der Waals surface area contributed by atoms with Crippen LogP contribution in [0, 0.1) is 5.92 Å². The fourth-order valence-electron chi connectivity index (χ4n) is 2.84. The van der Waals surface area contributed by atoms with Gasteiger partial charge < -0.3 is 10.6 Å². The van der Waals surface area contributed by atoms with E-state index < -0.39 is 15.5 Å². The van der Waals surface area contributed by atoms with Crippen LogP contribution in [0.5, 0.6) is 0 Å². The first-order valence-corrected chi connectivity index (χ1v) is 10.6. The van der Waals surface area contributed by atoms with Gasteiger partial charge in [0.15, 0.2) is 5.96 Å². The van der Waals surface area contributed by atoms with Crippen molar-refractivity contribution in [1.82, 2.24) is 19.9 Å². The highest BCUT2D eigenvalue weighted by Gasteiger charge is 2.50. The number of rotatable bonds is 6. The molecular formula is C16H24ClF3IN5O2S. The number of aromatic nitrogens is 1. The number of sulfonamides is 1. The van der Waals surface area contributed by atoms with E-state index in [0.29, 0.717) is 41.3 Å². The van der Waals surface area contributed by atoms with Crippen LogP contribution >= 0.6 is 35.6 Å². The van der Waals surface area contributed by atoms with Gasteiger partial charge in [0.2, 0.25) is 0 Å². The maximum atomic E-state index is 12.6. The van der Waals surface area contributed by atoms with Crippen molar-refractivity contribution in [2.24, 2.45) is 10.9 Å².